The molecule has 200 valence electrons. The van der Waals surface area contributed by atoms with E-state index in [0.29, 0.717) is 24.2 Å². The highest BCUT2D eigenvalue weighted by atomic mass is 32.2. The molecule has 0 saturated carbocycles. The van der Waals surface area contributed by atoms with Gasteiger partial charge in [-0.3, -0.25) is 19.1 Å². The zero-order chi connectivity index (χ0) is 27.1. The number of ether oxygens (including phenoxy) is 1. The maximum Gasteiger partial charge on any atom is 0.310 e. The van der Waals surface area contributed by atoms with Gasteiger partial charge in [-0.25, -0.2) is 18.0 Å². The van der Waals surface area contributed by atoms with Crippen LogP contribution in [-0.2, 0) is 24.3 Å². The Morgan fingerprint density at radius 3 is 2.56 bits per heavy atom. The highest BCUT2D eigenvalue weighted by molar-refractivity contribution is 7.92. The number of hydrogen-bond acceptors (Lipinski definition) is 8. The van der Waals surface area contributed by atoms with Gasteiger partial charge in [0.25, 0.3) is 5.56 Å². The maximum atomic E-state index is 13.4. The standard InChI is InChI=1S/C24H37N5O6S/c1-7-8-9-14-36(33,34)27-20-11-10-17(2)29(22(20)32)23-26-19(18(3)28(23)15-25-16-30)12-13-21(31)35-24(4,5)6/h10-12,16,18,27H,7-9,13-15H2,1-6H3,(H,25,30). The Morgan fingerprint density at radius 2 is 1.94 bits per heavy atom. The number of sulfonamides is 1. The number of pyridine rings is 1. The van der Waals surface area contributed by atoms with Crippen LogP contribution in [0.4, 0.5) is 5.69 Å². The van der Waals surface area contributed by atoms with Crippen LogP contribution in [0, 0.1) is 6.92 Å². The van der Waals surface area contributed by atoms with Crippen LogP contribution >= 0.6 is 0 Å². The number of carbonyl (C=O) groups is 2. The summed E-state index contributed by atoms with van der Waals surface area (Å²) >= 11 is 0. The van der Waals surface area contributed by atoms with E-state index in [9.17, 15) is 22.8 Å². The molecule has 1 aliphatic rings. The molecule has 1 aromatic heterocycles. The Bertz CT molecular complexity index is 1180. The van der Waals surface area contributed by atoms with Crippen LogP contribution in [0.25, 0.3) is 0 Å². The van der Waals surface area contributed by atoms with Crippen LogP contribution in [0.2, 0.25) is 0 Å². The summed E-state index contributed by atoms with van der Waals surface area (Å²) in [5.74, 6) is -0.294. The van der Waals surface area contributed by atoms with Gasteiger partial charge in [0.15, 0.2) is 0 Å². The average molecular weight is 524 g/mol. The highest BCUT2D eigenvalue weighted by Crippen LogP contribution is 2.23. The fourth-order valence-corrected chi connectivity index (χ4v) is 4.81. The van der Waals surface area contributed by atoms with Crippen molar-refractivity contribution in [2.75, 3.05) is 17.1 Å². The predicted molar refractivity (Wildman–Crippen MR) is 139 cm³/mol. The summed E-state index contributed by atoms with van der Waals surface area (Å²) in [4.78, 5) is 42.9. The third kappa shape index (κ3) is 7.94. The van der Waals surface area contributed by atoms with E-state index in [4.69, 9.17) is 4.74 Å². The van der Waals surface area contributed by atoms with Gasteiger partial charge < -0.3 is 15.0 Å². The first-order chi connectivity index (χ1) is 16.8. The molecule has 0 saturated heterocycles. The lowest BCUT2D eigenvalue weighted by Crippen LogP contribution is -2.47. The van der Waals surface area contributed by atoms with Crippen LogP contribution in [0.1, 0.15) is 66.0 Å². The fourth-order valence-electron chi connectivity index (χ4n) is 3.63. The van der Waals surface area contributed by atoms with Crippen LogP contribution < -0.4 is 15.6 Å². The fraction of sp³-hybridized carbons (Fsp3) is 0.583. The van der Waals surface area contributed by atoms with Crippen molar-refractivity contribution in [2.45, 2.75) is 78.9 Å². The number of nitrogens with one attached hydrogen (secondary N) is 2. The number of amides is 1. The Morgan fingerprint density at radius 1 is 1.25 bits per heavy atom. The van der Waals surface area contributed by atoms with E-state index < -0.39 is 27.2 Å². The second-order valence-corrected chi connectivity index (χ2v) is 11.5. The second-order valence-electron chi connectivity index (χ2n) is 9.61. The Hall–Kier alpha value is -3.15. The smallest absolute Gasteiger partial charge is 0.310 e. The van der Waals surface area contributed by atoms with Gasteiger partial charge in [0.2, 0.25) is 22.4 Å². The minimum absolute atomic E-state index is 0.0197. The first-order valence-corrected chi connectivity index (χ1v) is 13.6. The number of aliphatic imine (C=N–C) groups is 1. The molecule has 1 amide bonds. The van der Waals surface area contributed by atoms with Crippen molar-refractivity contribution in [3.63, 3.8) is 0 Å². The molecule has 1 unspecified atom stereocenters. The van der Waals surface area contributed by atoms with Crippen LogP contribution in [0.5, 0.6) is 0 Å². The molecule has 36 heavy (non-hydrogen) atoms. The molecule has 0 spiro atoms. The summed E-state index contributed by atoms with van der Waals surface area (Å²) < 4.78 is 34.0. The van der Waals surface area contributed by atoms with E-state index in [2.05, 4.69) is 15.0 Å². The first kappa shape index (κ1) is 29.1. The number of aryl methyl sites for hydroxylation is 1. The number of aromatic nitrogens is 1. The largest absolute Gasteiger partial charge is 0.460 e. The lowest BCUT2D eigenvalue weighted by molar-refractivity contribution is -0.153. The quantitative estimate of drug-likeness (QED) is 0.258. The van der Waals surface area contributed by atoms with Crippen molar-refractivity contribution >= 4 is 34.0 Å². The van der Waals surface area contributed by atoms with Gasteiger partial charge in [-0.05, 0) is 59.2 Å². The molecule has 0 radical (unpaired) electrons. The number of esters is 1. The Labute approximate surface area is 212 Å². The van der Waals surface area contributed by atoms with Gasteiger partial charge in [-0.15, -0.1) is 0 Å². The summed E-state index contributed by atoms with van der Waals surface area (Å²) in [6.07, 6.45) is 4.27. The zero-order valence-electron chi connectivity index (χ0n) is 21.8. The van der Waals surface area contributed by atoms with Crippen LogP contribution in [0.15, 0.2) is 33.7 Å². The molecule has 2 heterocycles. The van der Waals surface area contributed by atoms with Crippen molar-refractivity contribution in [3.05, 3.63) is 40.0 Å². The molecule has 11 nitrogen and oxygen atoms in total. The van der Waals surface area contributed by atoms with Gasteiger partial charge in [0.05, 0.1) is 30.6 Å². The second kappa shape index (κ2) is 12.2. The molecule has 2 N–H and O–H groups in total. The van der Waals surface area contributed by atoms with Gasteiger partial charge in [-0.1, -0.05) is 19.8 Å². The minimum Gasteiger partial charge on any atom is -0.460 e. The number of nitrogens with zero attached hydrogens (tertiary/aromatic N) is 3. The number of hydrogen-bond donors (Lipinski definition) is 2. The van der Waals surface area contributed by atoms with Crippen molar-refractivity contribution in [1.29, 1.82) is 0 Å². The number of anilines is 1. The predicted octanol–water partition coefficient (Wildman–Crippen LogP) is 2.32. The van der Waals surface area contributed by atoms with E-state index >= 15 is 0 Å². The van der Waals surface area contributed by atoms with Gasteiger partial charge in [-0.2, -0.15) is 0 Å². The molecule has 0 fully saturated rings. The molecule has 0 aliphatic carbocycles. The molecule has 1 aliphatic heterocycles. The van der Waals surface area contributed by atoms with E-state index in [0.717, 1.165) is 12.8 Å². The van der Waals surface area contributed by atoms with Crippen molar-refractivity contribution in [3.8, 4) is 0 Å². The summed E-state index contributed by atoms with van der Waals surface area (Å²) in [5.41, 5.74) is -0.281. The van der Waals surface area contributed by atoms with E-state index in [1.807, 2.05) is 13.8 Å². The van der Waals surface area contributed by atoms with Crippen molar-refractivity contribution < 1.29 is 22.7 Å². The third-order valence-electron chi connectivity index (χ3n) is 5.38. The summed E-state index contributed by atoms with van der Waals surface area (Å²) in [6, 6.07) is 2.67. The first-order valence-electron chi connectivity index (χ1n) is 12.0. The lowest BCUT2D eigenvalue weighted by atomic mass is 10.2. The van der Waals surface area contributed by atoms with Crippen molar-refractivity contribution in [2.24, 2.45) is 4.99 Å². The summed E-state index contributed by atoms with van der Waals surface area (Å²) in [7, 11) is -3.70. The summed E-state index contributed by atoms with van der Waals surface area (Å²) in [6.45, 7) is 10.9. The van der Waals surface area contributed by atoms with Gasteiger partial charge in [0, 0.05) is 5.69 Å². The lowest BCUT2D eigenvalue weighted by Gasteiger charge is -2.26. The zero-order valence-corrected chi connectivity index (χ0v) is 22.6. The van der Waals surface area contributed by atoms with E-state index in [1.54, 1.807) is 44.7 Å². The van der Waals surface area contributed by atoms with E-state index in [-0.39, 0.29) is 36.5 Å². The number of unbranched alkanes of at least 4 members (excludes halogenated alkanes) is 2. The molecular formula is C24H37N5O6S. The molecular weight excluding hydrogens is 486 g/mol. The molecule has 2 rings (SSSR count). The highest BCUT2D eigenvalue weighted by Gasteiger charge is 2.31. The topological polar surface area (TPSA) is 139 Å². The van der Waals surface area contributed by atoms with Crippen molar-refractivity contribution in [1.82, 2.24) is 14.8 Å². The number of rotatable bonds is 11. The normalized spacial score (nSPS) is 17.2. The van der Waals surface area contributed by atoms with Gasteiger partial charge in [0.1, 0.15) is 11.3 Å². The summed E-state index contributed by atoms with van der Waals surface area (Å²) in [5, 5.41) is 2.58. The SMILES string of the molecule is CCCCCS(=O)(=O)Nc1ccc(C)n(C2=NC(=CCC(=O)OC(C)(C)C)C(C)N2CNC=O)c1=O. The third-order valence-corrected chi connectivity index (χ3v) is 6.74. The Balaban J connectivity index is 2.45. The van der Waals surface area contributed by atoms with Crippen LogP contribution in [0.3, 0.4) is 0 Å². The molecule has 0 aromatic carbocycles. The van der Waals surface area contributed by atoms with Crippen LogP contribution in [-0.4, -0.2) is 60.3 Å². The monoisotopic (exact) mass is 523 g/mol. The van der Waals surface area contributed by atoms with E-state index in [1.165, 1.54) is 10.6 Å². The number of carbonyl (C=O) groups excluding carboxylic acids is 2. The van der Waals surface area contributed by atoms with Gasteiger partial charge >= 0.3 is 5.97 Å². The molecule has 1 aromatic rings. The minimum atomic E-state index is -3.70. The molecule has 0 bridgehead atoms. The molecule has 12 heteroatoms. The Kier molecular flexibility index (Phi) is 9.85. The molecule has 1 atom stereocenters. The maximum absolute atomic E-state index is 13.4. The average Bonchev–Trinajstić information content (AvgIpc) is 3.07.